The Labute approximate surface area is 318 Å². The third-order valence-corrected chi connectivity index (χ3v) is 10.0. The molecule has 0 aliphatic rings. The monoisotopic (exact) mass is 696 g/mol. The smallest absolute Gasteiger partial charge is 0.166 e. The average molecular weight is 697 g/mol. The van der Waals surface area contributed by atoms with Gasteiger partial charge in [-0.25, -0.2) is 15.0 Å². The molecule has 3 aromatic heterocycles. The fourth-order valence-corrected chi connectivity index (χ4v) is 7.63. The zero-order chi connectivity index (χ0) is 40.8. The average Bonchev–Trinajstić information content (AvgIpc) is 3.85. The molecule has 0 bridgehead atoms. The van der Waals surface area contributed by atoms with E-state index in [2.05, 4.69) is 0 Å². The number of rotatable bonds is 5. The van der Waals surface area contributed by atoms with Crippen LogP contribution in [0.4, 0.5) is 0 Å². The molecule has 0 fully saturated rings. The second-order valence-corrected chi connectivity index (χ2v) is 13.1. The van der Waals surface area contributed by atoms with Gasteiger partial charge in [0.25, 0.3) is 0 Å². The van der Waals surface area contributed by atoms with Crippen LogP contribution in [0.15, 0.2) is 186 Å². The number of fused-ring (bicyclic) bond motifs is 7. The maximum atomic E-state index is 9.39. The highest BCUT2D eigenvalue weighted by molar-refractivity contribution is 6.13. The van der Waals surface area contributed by atoms with Crippen molar-refractivity contribution >= 4 is 54.5 Å². The lowest BCUT2D eigenvalue weighted by Gasteiger charge is -2.19. The van der Waals surface area contributed by atoms with Gasteiger partial charge in [-0.3, -0.25) is 0 Å². The second kappa shape index (κ2) is 12.1. The molecule has 0 radical (unpaired) electrons. The zero-order valence-corrected chi connectivity index (χ0v) is 28.6. The van der Waals surface area contributed by atoms with Crippen molar-refractivity contribution in [3.05, 3.63) is 182 Å². The molecule has 0 amide bonds. The molecule has 0 atom stereocenters. The van der Waals surface area contributed by atoms with E-state index in [0.29, 0.717) is 51.0 Å². The summed E-state index contributed by atoms with van der Waals surface area (Å²) in [7, 11) is 0. The number of furan rings is 1. The van der Waals surface area contributed by atoms with Crippen LogP contribution < -0.4 is 0 Å². The molecule has 0 saturated carbocycles. The van der Waals surface area contributed by atoms with E-state index in [-0.39, 0.29) is 58.1 Å². The molecule has 3 heterocycles. The van der Waals surface area contributed by atoms with Crippen LogP contribution >= 0.6 is 0 Å². The highest BCUT2D eigenvalue weighted by Gasteiger charge is 2.24. The molecule has 11 rings (SSSR count). The van der Waals surface area contributed by atoms with Gasteiger partial charge in [-0.2, -0.15) is 0 Å². The lowest BCUT2D eigenvalue weighted by atomic mass is 9.97. The predicted molar refractivity (Wildman–Crippen MR) is 221 cm³/mol. The largest absolute Gasteiger partial charge is 0.455 e. The van der Waals surface area contributed by atoms with Crippen LogP contribution in [0.25, 0.3) is 105 Å². The standard InChI is InChI=1S/C49H30N4O/c1-2-16-32(17-3-1)47-50-48(40-26-12-18-31-15-4-5-19-33(31)40)52-49(51-47)41-27-13-23-37(39-25-14-24-38-36-22-8-11-30-44(36)54-46(38)39)45(41)53-42-28-9-6-20-34(42)35-21-7-10-29-43(35)53/h1-30H/i6D,7D,20D,21D,28D,29D. The summed E-state index contributed by atoms with van der Waals surface area (Å²) in [5.74, 6) is 1.18. The number of para-hydroxylation sites is 5. The van der Waals surface area contributed by atoms with E-state index in [9.17, 15) is 2.74 Å². The number of benzene rings is 8. The first-order chi connectivity index (χ1) is 29.3. The van der Waals surface area contributed by atoms with Crippen LogP contribution in [-0.4, -0.2) is 19.5 Å². The van der Waals surface area contributed by atoms with E-state index in [1.54, 1.807) is 4.57 Å². The maximum absolute atomic E-state index is 9.39. The quantitative estimate of drug-likeness (QED) is 0.180. The predicted octanol–water partition coefficient (Wildman–Crippen LogP) is 12.7. The Balaban J connectivity index is 1.33. The molecule has 0 unspecified atom stereocenters. The molecule has 54 heavy (non-hydrogen) atoms. The summed E-state index contributed by atoms with van der Waals surface area (Å²) < 4.78 is 62.8. The molecule has 0 saturated heterocycles. The molecule has 252 valence electrons. The Hall–Kier alpha value is -7.37. The summed E-state index contributed by atoms with van der Waals surface area (Å²) in [6, 6.07) is 44.9. The van der Waals surface area contributed by atoms with Gasteiger partial charge in [0.2, 0.25) is 0 Å². The summed E-state index contributed by atoms with van der Waals surface area (Å²) in [4.78, 5) is 15.5. The number of nitrogens with zero attached hydrogens (tertiary/aromatic N) is 4. The molecule has 0 N–H and O–H groups in total. The summed E-state index contributed by atoms with van der Waals surface area (Å²) >= 11 is 0. The fraction of sp³-hybridized carbons (Fsp3) is 0. The third-order valence-electron chi connectivity index (χ3n) is 10.0. The van der Waals surface area contributed by atoms with Gasteiger partial charge in [0, 0.05) is 49.4 Å². The van der Waals surface area contributed by atoms with Crippen molar-refractivity contribution in [3.63, 3.8) is 0 Å². The molecular weight excluding hydrogens is 661 g/mol. The van der Waals surface area contributed by atoms with Gasteiger partial charge < -0.3 is 8.98 Å². The Kier molecular flexibility index (Phi) is 5.55. The lowest BCUT2D eigenvalue weighted by Crippen LogP contribution is -2.05. The SMILES string of the molecule is [2H]c1cc([2H])c2c(c1[2H])c1c([2H])c([2H])cc([2H])c1n2-c1c(-c2nc(-c3ccccc3)nc(-c3cccc4ccccc34)n2)cccc1-c1cccc2c1oc1ccccc12. The van der Waals surface area contributed by atoms with Gasteiger partial charge in [0.05, 0.1) is 24.9 Å². The highest BCUT2D eigenvalue weighted by atomic mass is 16.3. The Morgan fingerprint density at radius 1 is 0.426 bits per heavy atom. The summed E-state index contributed by atoms with van der Waals surface area (Å²) in [5, 5.41) is 4.12. The Morgan fingerprint density at radius 2 is 1.00 bits per heavy atom. The maximum Gasteiger partial charge on any atom is 0.166 e. The molecular formula is C49H30N4O. The van der Waals surface area contributed by atoms with Crippen molar-refractivity contribution in [2.24, 2.45) is 0 Å². The van der Waals surface area contributed by atoms with Gasteiger partial charge in [0.15, 0.2) is 17.5 Å². The van der Waals surface area contributed by atoms with Gasteiger partial charge >= 0.3 is 0 Å². The van der Waals surface area contributed by atoms with Gasteiger partial charge in [-0.15, -0.1) is 0 Å². The third kappa shape index (κ3) is 4.69. The molecule has 5 nitrogen and oxygen atoms in total. The van der Waals surface area contributed by atoms with Crippen molar-refractivity contribution in [3.8, 4) is 51.0 Å². The van der Waals surface area contributed by atoms with Crippen LogP contribution in [0.3, 0.4) is 0 Å². The summed E-state index contributed by atoms with van der Waals surface area (Å²) in [6.45, 7) is 0. The topological polar surface area (TPSA) is 56.7 Å². The normalized spacial score (nSPS) is 13.3. The minimum Gasteiger partial charge on any atom is -0.455 e. The molecule has 11 aromatic rings. The van der Waals surface area contributed by atoms with Crippen LogP contribution in [0.1, 0.15) is 8.22 Å². The van der Waals surface area contributed by atoms with Crippen molar-refractivity contribution in [1.82, 2.24) is 19.5 Å². The molecule has 0 spiro atoms. The number of hydrogen-bond acceptors (Lipinski definition) is 4. The first-order valence-electron chi connectivity index (χ1n) is 20.6. The van der Waals surface area contributed by atoms with Crippen molar-refractivity contribution < 1.29 is 12.6 Å². The minimum atomic E-state index is -0.202. The molecule has 5 heteroatoms. The molecule has 0 aliphatic carbocycles. The minimum absolute atomic E-state index is 0.0766. The Morgan fingerprint density at radius 3 is 1.81 bits per heavy atom. The van der Waals surface area contributed by atoms with Gasteiger partial charge in [0.1, 0.15) is 11.2 Å². The molecule has 8 aromatic carbocycles. The first kappa shape index (κ1) is 24.8. The van der Waals surface area contributed by atoms with Crippen LogP contribution in [0.2, 0.25) is 0 Å². The van der Waals surface area contributed by atoms with Crippen molar-refractivity contribution in [2.45, 2.75) is 0 Å². The molecule has 0 aliphatic heterocycles. The van der Waals surface area contributed by atoms with E-state index < -0.39 is 0 Å². The number of hydrogen-bond donors (Lipinski definition) is 0. The van der Waals surface area contributed by atoms with E-state index >= 15 is 0 Å². The summed E-state index contributed by atoms with van der Waals surface area (Å²) in [6.07, 6.45) is 0. The van der Waals surface area contributed by atoms with Gasteiger partial charge in [-0.1, -0.05) is 158 Å². The van der Waals surface area contributed by atoms with Crippen LogP contribution in [0, 0.1) is 0 Å². The first-order valence-corrected chi connectivity index (χ1v) is 17.6. The fourth-order valence-electron chi connectivity index (χ4n) is 7.63. The van der Waals surface area contributed by atoms with Crippen LogP contribution in [-0.2, 0) is 0 Å². The zero-order valence-electron chi connectivity index (χ0n) is 34.6. The van der Waals surface area contributed by atoms with Gasteiger partial charge in [-0.05, 0) is 35.0 Å². The Bertz CT molecular complexity index is 3510. The van der Waals surface area contributed by atoms with E-state index in [4.69, 9.17) is 24.9 Å². The number of aromatic nitrogens is 4. The second-order valence-electron chi connectivity index (χ2n) is 13.1. The van der Waals surface area contributed by atoms with E-state index in [1.165, 1.54) is 12.1 Å². The van der Waals surface area contributed by atoms with Crippen LogP contribution in [0.5, 0.6) is 0 Å². The van der Waals surface area contributed by atoms with E-state index in [1.807, 2.05) is 133 Å². The lowest BCUT2D eigenvalue weighted by molar-refractivity contribution is 0.670. The summed E-state index contributed by atoms with van der Waals surface area (Å²) in [5.41, 5.74) is 5.69. The van der Waals surface area contributed by atoms with Crippen molar-refractivity contribution in [1.29, 1.82) is 0 Å². The van der Waals surface area contributed by atoms with E-state index in [0.717, 1.165) is 32.7 Å². The highest BCUT2D eigenvalue weighted by Crippen LogP contribution is 2.44. The van der Waals surface area contributed by atoms with Crippen molar-refractivity contribution in [2.75, 3.05) is 0 Å².